The van der Waals surface area contributed by atoms with Crippen LogP contribution < -0.4 is 0 Å². The average Bonchev–Trinajstić information content (AvgIpc) is 2.88. The summed E-state index contributed by atoms with van der Waals surface area (Å²) < 4.78 is 17.9. The van der Waals surface area contributed by atoms with Crippen LogP contribution in [0.2, 0.25) is 0 Å². The zero-order chi connectivity index (χ0) is 15.0. The molecule has 0 saturated heterocycles. The number of halogens is 1. The van der Waals surface area contributed by atoms with Gasteiger partial charge in [-0.1, -0.05) is 18.2 Å². The molecule has 2 aromatic heterocycles. The lowest BCUT2D eigenvalue weighted by Gasteiger charge is -2.08. The largest absolute Gasteiger partial charge is 0.302 e. The van der Waals surface area contributed by atoms with Crippen LogP contribution in [0.4, 0.5) is 4.39 Å². The first kappa shape index (κ1) is 13.6. The lowest BCUT2D eigenvalue weighted by atomic mass is 10.3. The number of hydrogen-bond acceptors (Lipinski definition) is 1. The summed E-state index contributed by atoms with van der Waals surface area (Å²) in [5.74, 6) is 0.556. The summed E-state index contributed by atoms with van der Waals surface area (Å²) in [6, 6.07) is 6.09. The Bertz CT molecular complexity index is 753. The van der Waals surface area contributed by atoms with Crippen molar-refractivity contribution in [1.29, 1.82) is 0 Å². The van der Waals surface area contributed by atoms with Gasteiger partial charge in [0.25, 0.3) is 0 Å². The summed E-state index contributed by atoms with van der Waals surface area (Å²) in [7, 11) is 0. The third kappa shape index (κ3) is 2.37. The Labute approximate surface area is 123 Å². The molecule has 0 aromatic carbocycles. The van der Waals surface area contributed by atoms with Gasteiger partial charge in [-0.05, 0) is 45.4 Å². The Kier molecular flexibility index (Phi) is 3.37. The van der Waals surface area contributed by atoms with E-state index in [2.05, 4.69) is 21.8 Å². The summed E-state index contributed by atoms with van der Waals surface area (Å²) in [5, 5.41) is 4.59. The van der Waals surface area contributed by atoms with E-state index < -0.39 is 0 Å². The van der Waals surface area contributed by atoms with E-state index in [1.165, 1.54) is 6.08 Å². The second-order valence-corrected chi connectivity index (χ2v) is 5.28. The topological polar surface area (TPSA) is 22.8 Å². The van der Waals surface area contributed by atoms with Crippen LogP contribution in [0.3, 0.4) is 0 Å². The smallest absolute Gasteiger partial charge is 0.159 e. The average molecular weight is 283 g/mol. The minimum absolute atomic E-state index is 0.262. The standard InChI is InChI=1S/C17H18FN3/c1-12-9-10-13(2)20(12)17-11-14(3)21(19-17)16-8-6-4-5-7-15(16)18/h4-5,7-11H,6H2,1-3H3. The number of aryl methyl sites for hydroxylation is 3. The predicted octanol–water partition coefficient (Wildman–Crippen LogP) is 4.25. The van der Waals surface area contributed by atoms with Crippen LogP contribution in [-0.2, 0) is 0 Å². The highest BCUT2D eigenvalue weighted by Crippen LogP contribution is 2.24. The summed E-state index contributed by atoms with van der Waals surface area (Å²) in [5.41, 5.74) is 3.65. The minimum atomic E-state index is -0.262. The highest BCUT2D eigenvalue weighted by molar-refractivity contribution is 5.63. The Hall–Kier alpha value is -2.36. The van der Waals surface area contributed by atoms with Crippen molar-refractivity contribution >= 4 is 5.70 Å². The zero-order valence-corrected chi connectivity index (χ0v) is 12.5. The summed E-state index contributed by atoms with van der Waals surface area (Å²) in [6.45, 7) is 6.02. The van der Waals surface area contributed by atoms with E-state index in [-0.39, 0.29) is 5.83 Å². The molecule has 2 heterocycles. The van der Waals surface area contributed by atoms with Crippen molar-refractivity contribution in [3.05, 3.63) is 65.4 Å². The predicted molar refractivity (Wildman–Crippen MR) is 83.0 cm³/mol. The van der Waals surface area contributed by atoms with E-state index in [1.54, 1.807) is 10.8 Å². The molecule has 1 aliphatic carbocycles. The fourth-order valence-corrected chi connectivity index (χ4v) is 2.62. The molecule has 3 nitrogen and oxygen atoms in total. The molecule has 2 aromatic rings. The molecule has 0 unspecified atom stereocenters. The molecular formula is C17H18FN3. The van der Waals surface area contributed by atoms with Crippen LogP contribution in [0.15, 0.2) is 48.3 Å². The van der Waals surface area contributed by atoms with E-state index in [0.717, 1.165) is 22.9 Å². The first-order valence-electron chi connectivity index (χ1n) is 7.03. The number of allylic oxidation sites excluding steroid dienone is 6. The van der Waals surface area contributed by atoms with Crippen molar-refractivity contribution in [2.75, 3.05) is 0 Å². The quantitative estimate of drug-likeness (QED) is 0.807. The van der Waals surface area contributed by atoms with E-state index >= 15 is 0 Å². The Morgan fingerprint density at radius 3 is 2.52 bits per heavy atom. The lowest BCUT2D eigenvalue weighted by molar-refractivity contribution is 0.650. The second-order valence-electron chi connectivity index (χ2n) is 5.28. The van der Waals surface area contributed by atoms with Crippen LogP contribution in [0.1, 0.15) is 23.5 Å². The summed E-state index contributed by atoms with van der Waals surface area (Å²) >= 11 is 0. The SMILES string of the molecule is Cc1cc(-n2c(C)ccc2C)nn1C1=CCC=CC=C1F. The van der Waals surface area contributed by atoms with Gasteiger partial charge in [-0.15, -0.1) is 5.10 Å². The second kappa shape index (κ2) is 5.20. The monoisotopic (exact) mass is 283 g/mol. The molecular weight excluding hydrogens is 265 g/mol. The normalized spacial score (nSPS) is 14.9. The zero-order valence-electron chi connectivity index (χ0n) is 12.5. The molecule has 0 spiro atoms. The molecule has 0 saturated carbocycles. The molecule has 3 rings (SSSR count). The first-order valence-corrected chi connectivity index (χ1v) is 7.03. The summed E-state index contributed by atoms with van der Waals surface area (Å²) in [6.07, 6.45) is 7.70. The van der Waals surface area contributed by atoms with Gasteiger partial charge in [0.15, 0.2) is 5.82 Å². The van der Waals surface area contributed by atoms with Crippen molar-refractivity contribution in [1.82, 2.24) is 14.3 Å². The Morgan fingerprint density at radius 1 is 1.10 bits per heavy atom. The number of rotatable bonds is 2. The highest BCUT2D eigenvalue weighted by Gasteiger charge is 2.15. The maximum absolute atomic E-state index is 14.2. The molecule has 0 aliphatic heterocycles. The van der Waals surface area contributed by atoms with Crippen LogP contribution in [-0.4, -0.2) is 14.3 Å². The van der Waals surface area contributed by atoms with Crippen molar-refractivity contribution in [2.45, 2.75) is 27.2 Å². The van der Waals surface area contributed by atoms with Gasteiger partial charge in [0.2, 0.25) is 0 Å². The third-order valence-electron chi connectivity index (χ3n) is 3.67. The molecule has 0 radical (unpaired) electrons. The van der Waals surface area contributed by atoms with E-state index in [9.17, 15) is 4.39 Å². The van der Waals surface area contributed by atoms with Gasteiger partial charge in [-0.3, -0.25) is 0 Å². The van der Waals surface area contributed by atoms with Gasteiger partial charge in [-0.25, -0.2) is 9.07 Å². The van der Waals surface area contributed by atoms with Crippen LogP contribution in [0.25, 0.3) is 11.5 Å². The van der Waals surface area contributed by atoms with Gasteiger partial charge < -0.3 is 4.57 Å². The molecule has 0 bridgehead atoms. The molecule has 1 aliphatic rings. The van der Waals surface area contributed by atoms with Crippen LogP contribution in [0, 0.1) is 20.8 Å². The van der Waals surface area contributed by atoms with Crippen molar-refractivity contribution in [3.63, 3.8) is 0 Å². The van der Waals surface area contributed by atoms with E-state index in [1.807, 2.05) is 39.0 Å². The molecule has 108 valence electrons. The number of hydrogen-bond donors (Lipinski definition) is 0. The van der Waals surface area contributed by atoms with Crippen LogP contribution in [0.5, 0.6) is 0 Å². The number of nitrogens with zero attached hydrogens (tertiary/aromatic N) is 3. The Balaban J connectivity index is 2.09. The minimum Gasteiger partial charge on any atom is -0.302 e. The van der Waals surface area contributed by atoms with Gasteiger partial charge in [-0.2, -0.15) is 0 Å². The van der Waals surface area contributed by atoms with Crippen molar-refractivity contribution in [3.8, 4) is 5.82 Å². The molecule has 0 N–H and O–H groups in total. The van der Waals surface area contributed by atoms with E-state index in [0.29, 0.717) is 12.1 Å². The maximum Gasteiger partial charge on any atom is 0.159 e. The molecule has 0 amide bonds. The van der Waals surface area contributed by atoms with Crippen LogP contribution >= 0.6 is 0 Å². The fraction of sp³-hybridized carbons (Fsp3) is 0.235. The number of aromatic nitrogens is 3. The molecule has 0 fully saturated rings. The molecule has 21 heavy (non-hydrogen) atoms. The lowest BCUT2D eigenvalue weighted by Crippen LogP contribution is -2.05. The van der Waals surface area contributed by atoms with Gasteiger partial charge >= 0.3 is 0 Å². The molecule has 0 atom stereocenters. The van der Waals surface area contributed by atoms with Gasteiger partial charge in [0, 0.05) is 23.1 Å². The van der Waals surface area contributed by atoms with Crippen molar-refractivity contribution < 1.29 is 4.39 Å². The first-order chi connectivity index (χ1) is 10.1. The van der Waals surface area contributed by atoms with Gasteiger partial charge in [0.1, 0.15) is 5.83 Å². The Morgan fingerprint density at radius 2 is 1.81 bits per heavy atom. The third-order valence-corrected chi connectivity index (χ3v) is 3.67. The fourth-order valence-electron chi connectivity index (χ4n) is 2.62. The maximum atomic E-state index is 14.2. The van der Waals surface area contributed by atoms with Gasteiger partial charge in [0.05, 0.1) is 5.70 Å². The molecule has 4 heteroatoms. The van der Waals surface area contributed by atoms with Crippen molar-refractivity contribution in [2.24, 2.45) is 0 Å². The van der Waals surface area contributed by atoms with E-state index in [4.69, 9.17) is 0 Å². The highest BCUT2D eigenvalue weighted by atomic mass is 19.1. The summed E-state index contributed by atoms with van der Waals surface area (Å²) in [4.78, 5) is 0.